The van der Waals surface area contributed by atoms with Crippen molar-refractivity contribution in [2.75, 3.05) is 13.1 Å². The van der Waals surface area contributed by atoms with Crippen molar-refractivity contribution in [1.29, 1.82) is 0 Å². The van der Waals surface area contributed by atoms with Crippen LogP contribution in [-0.4, -0.2) is 38.6 Å². The zero-order chi connectivity index (χ0) is 13.2. The first-order valence-corrected chi connectivity index (χ1v) is 7.26. The summed E-state index contributed by atoms with van der Waals surface area (Å²) >= 11 is 0. The molecular weight excluding hydrogens is 236 g/mol. The second-order valence-electron chi connectivity index (χ2n) is 5.83. The highest BCUT2D eigenvalue weighted by Crippen LogP contribution is 2.21. The average Bonchev–Trinajstić information content (AvgIpc) is 2.81. The molecule has 3 heterocycles. The molecule has 1 aliphatic heterocycles. The van der Waals surface area contributed by atoms with E-state index in [1.807, 2.05) is 28.9 Å². The monoisotopic (exact) mass is 258 g/mol. The summed E-state index contributed by atoms with van der Waals surface area (Å²) in [5, 5.41) is 4.56. The molecule has 3 rings (SSSR count). The molecule has 0 aliphatic carbocycles. The SMILES string of the molecule is CC(C)N1CCCC(Cc2nc3ccccn3n2)C1. The normalized spacial score (nSPS) is 21.3. The van der Waals surface area contributed by atoms with Crippen molar-refractivity contribution in [3.05, 3.63) is 30.2 Å². The molecule has 0 amide bonds. The zero-order valence-corrected chi connectivity index (χ0v) is 11.8. The highest BCUT2D eigenvalue weighted by molar-refractivity contribution is 5.36. The van der Waals surface area contributed by atoms with Crippen LogP contribution in [0.3, 0.4) is 0 Å². The lowest BCUT2D eigenvalue weighted by atomic mass is 9.94. The molecule has 1 fully saturated rings. The van der Waals surface area contributed by atoms with Gasteiger partial charge in [-0.15, -0.1) is 0 Å². The summed E-state index contributed by atoms with van der Waals surface area (Å²) in [4.78, 5) is 7.18. The van der Waals surface area contributed by atoms with Crippen molar-refractivity contribution < 1.29 is 0 Å². The Labute approximate surface area is 114 Å². The lowest BCUT2D eigenvalue weighted by molar-refractivity contribution is 0.138. The number of pyridine rings is 1. The summed E-state index contributed by atoms with van der Waals surface area (Å²) in [6.45, 7) is 7.00. The van der Waals surface area contributed by atoms with Crippen molar-refractivity contribution in [2.24, 2.45) is 5.92 Å². The van der Waals surface area contributed by atoms with Crippen LogP contribution < -0.4 is 0 Å². The number of fused-ring (bicyclic) bond motifs is 1. The van der Waals surface area contributed by atoms with Gasteiger partial charge in [-0.25, -0.2) is 9.50 Å². The quantitative estimate of drug-likeness (QED) is 0.847. The van der Waals surface area contributed by atoms with Crippen molar-refractivity contribution in [1.82, 2.24) is 19.5 Å². The number of likely N-dealkylation sites (tertiary alicyclic amines) is 1. The van der Waals surface area contributed by atoms with E-state index in [1.165, 1.54) is 25.9 Å². The third kappa shape index (κ3) is 2.78. The van der Waals surface area contributed by atoms with Gasteiger partial charge in [-0.2, -0.15) is 5.10 Å². The Kier molecular flexibility index (Phi) is 3.51. The van der Waals surface area contributed by atoms with Gasteiger partial charge in [-0.1, -0.05) is 6.07 Å². The minimum atomic E-state index is 0.650. The van der Waals surface area contributed by atoms with Gasteiger partial charge in [0.15, 0.2) is 11.5 Å². The van der Waals surface area contributed by atoms with E-state index in [1.54, 1.807) is 0 Å². The molecule has 2 aromatic heterocycles. The summed E-state index contributed by atoms with van der Waals surface area (Å²) < 4.78 is 1.87. The molecule has 0 bridgehead atoms. The second kappa shape index (κ2) is 5.29. The number of aromatic nitrogens is 3. The molecule has 19 heavy (non-hydrogen) atoms. The largest absolute Gasteiger partial charge is 0.301 e. The van der Waals surface area contributed by atoms with Gasteiger partial charge in [0.05, 0.1) is 0 Å². The van der Waals surface area contributed by atoms with E-state index in [0.717, 1.165) is 17.9 Å². The molecule has 1 aliphatic rings. The maximum absolute atomic E-state index is 4.61. The van der Waals surface area contributed by atoms with Crippen LogP contribution in [0.4, 0.5) is 0 Å². The Morgan fingerprint density at radius 2 is 2.26 bits per heavy atom. The van der Waals surface area contributed by atoms with Gasteiger partial charge in [0, 0.05) is 25.2 Å². The van der Waals surface area contributed by atoms with Gasteiger partial charge in [-0.3, -0.25) is 0 Å². The van der Waals surface area contributed by atoms with Gasteiger partial charge >= 0.3 is 0 Å². The third-order valence-electron chi connectivity index (χ3n) is 4.04. The Morgan fingerprint density at radius 1 is 1.37 bits per heavy atom. The van der Waals surface area contributed by atoms with Gasteiger partial charge in [0.2, 0.25) is 0 Å². The minimum Gasteiger partial charge on any atom is -0.301 e. The standard InChI is InChI=1S/C15H22N4/c1-12(2)18-8-5-6-13(11-18)10-14-16-15-7-3-4-9-19(15)17-14/h3-4,7,9,12-13H,5-6,8,10-11H2,1-2H3. The average molecular weight is 258 g/mol. The van der Waals surface area contributed by atoms with E-state index in [9.17, 15) is 0 Å². The third-order valence-corrected chi connectivity index (χ3v) is 4.04. The Balaban J connectivity index is 1.70. The fourth-order valence-corrected chi connectivity index (χ4v) is 2.96. The first-order valence-electron chi connectivity index (χ1n) is 7.26. The van der Waals surface area contributed by atoms with E-state index < -0.39 is 0 Å². The molecule has 102 valence electrons. The number of rotatable bonds is 3. The molecule has 1 saturated heterocycles. The van der Waals surface area contributed by atoms with Crippen molar-refractivity contribution in [3.8, 4) is 0 Å². The van der Waals surface area contributed by atoms with Crippen molar-refractivity contribution in [3.63, 3.8) is 0 Å². The van der Waals surface area contributed by atoms with E-state index in [0.29, 0.717) is 12.0 Å². The summed E-state index contributed by atoms with van der Waals surface area (Å²) in [7, 11) is 0. The van der Waals surface area contributed by atoms with Gasteiger partial charge in [0.25, 0.3) is 0 Å². The molecule has 0 spiro atoms. The maximum Gasteiger partial charge on any atom is 0.155 e. The molecule has 1 atom stereocenters. The van der Waals surface area contributed by atoms with Gasteiger partial charge < -0.3 is 4.90 Å². The molecule has 0 aromatic carbocycles. The lowest BCUT2D eigenvalue weighted by Crippen LogP contribution is -2.40. The van der Waals surface area contributed by atoms with Gasteiger partial charge in [-0.05, 0) is 51.3 Å². The van der Waals surface area contributed by atoms with E-state index >= 15 is 0 Å². The first-order chi connectivity index (χ1) is 9.22. The molecular formula is C15H22N4. The molecule has 1 unspecified atom stereocenters. The highest BCUT2D eigenvalue weighted by atomic mass is 15.3. The highest BCUT2D eigenvalue weighted by Gasteiger charge is 2.23. The second-order valence-corrected chi connectivity index (χ2v) is 5.83. The molecule has 0 saturated carbocycles. The number of hydrogen-bond acceptors (Lipinski definition) is 3. The fraction of sp³-hybridized carbons (Fsp3) is 0.600. The van der Waals surface area contributed by atoms with Crippen LogP contribution in [0.2, 0.25) is 0 Å². The predicted octanol–water partition coefficient (Wildman–Crippen LogP) is 2.39. The fourth-order valence-electron chi connectivity index (χ4n) is 2.96. The van der Waals surface area contributed by atoms with Crippen LogP contribution in [0.15, 0.2) is 24.4 Å². The van der Waals surface area contributed by atoms with Crippen LogP contribution >= 0.6 is 0 Å². The molecule has 4 nitrogen and oxygen atoms in total. The van der Waals surface area contributed by atoms with Crippen LogP contribution in [0.5, 0.6) is 0 Å². The predicted molar refractivity (Wildman–Crippen MR) is 76.1 cm³/mol. The number of nitrogens with zero attached hydrogens (tertiary/aromatic N) is 4. The smallest absolute Gasteiger partial charge is 0.155 e. The summed E-state index contributed by atoms with van der Waals surface area (Å²) in [6.07, 6.45) is 5.58. The maximum atomic E-state index is 4.61. The van der Waals surface area contributed by atoms with Crippen LogP contribution in [0.1, 0.15) is 32.5 Å². The minimum absolute atomic E-state index is 0.650. The van der Waals surface area contributed by atoms with E-state index in [2.05, 4.69) is 28.8 Å². The molecule has 4 heteroatoms. The Bertz CT molecular complexity index is 513. The Morgan fingerprint density at radius 3 is 3.05 bits per heavy atom. The topological polar surface area (TPSA) is 33.4 Å². The Hall–Kier alpha value is -1.42. The summed E-state index contributed by atoms with van der Waals surface area (Å²) in [5.74, 6) is 1.69. The number of hydrogen-bond donors (Lipinski definition) is 0. The summed E-state index contributed by atoms with van der Waals surface area (Å²) in [6, 6.07) is 6.66. The molecule has 0 radical (unpaired) electrons. The lowest BCUT2D eigenvalue weighted by Gasteiger charge is -2.35. The molecule has 2 aromatic rings. The zero-order valence-electron chi connectivity index (χ0n) is 11.8. The van der Waals surface area contributed by atoms with Gasteiger partial charge in [0.1, 0.15) is 0 Å². The van der Waals surface area contributed by atoms with Crippen molar-refractivity contribution in [2.45, 2.75) is 39.2 Å². The van der Waals surface area contributed by atoms with E-state index in [-0.39, 0.29) is 0 Å². The van der Waals surface area contributed by atoms with Crippen LogP contribution in [-0.2, 0) is 6.42 Å². The van der Waals surface area contributed by atoms with Crippen LogP contribution in [0.25, 0.3) is 5.65 Å². The molecule has 0 N–H and O–H groups in total. The van der Waals surface area contributed by atoms with Crippen LogP contribution in [0, 0.1) is 5.92 Å². The van der Waals surface area contributed by atoms with E-state index in [4.69, 9.17) is 0 Å². The first kappa shape index (κ1) is 12.6. The summed E-state index contributed by atoms with van der Waals surface area (Å²) in [5.41, 5.74) is 0.953. The van der Waals surface area contributed by atoms with Crippen molar-refractivity contribution >= 4 is 5.65 Å². The number of piperidine rings is 1.